The zero-order valence-electron chi connectivity index (χ0n) is 18.9. The van der Waals surface area contributed by atoms with Gasteiger partial charge in [0.25, 0.3) is 5.91 Å². The zero-order chi connectivity index (χ0) is 23.3. The normalized spacial score (nSPS) is 16.0. The van der Waals surface area contributed by atoms with Gasteiger partial charge in [-0.15, -0.1) is 0 Å². The highest BCUT2D eigenvalue weighted by Gasteiger charge is 2.29. The molecule has 0 bridgehead atoms. The molecule has 2 aromatic rings. The van der Waals surface area contributed by atoms with E-state index in [0.29, 0.717) is 31.9 Å². The molecule has 174 valence electrons. The highest BCUT2D eigenvalue weighted by atomic mass is 32.2. The number of sulfonamides is 1. The van der Waals surface area contributed by atoms with Crippen molar-refractivity contribution < 1.29 is 22.7 Å². The Bertz CT molecular complexity index is 1020. The third kappa shape index (κ3) is 5.52. The van der Waals surface area contributed by atoms with Crippen LogP contribution in [0.15, 0.2) is 53.4 Å². The molecule has 1 aliphatic rings. The first-order valence-corrected chi connectivity index (χ1v) is 12.1. The van der Waals surface area contributed by atoms with E-state index in [1.165, 1.54) is 16.4 Å². The number of para-hydroxylation sites is 2. The number of methoxy groups -OCH3 is 1. The summed E-state index contributed by atoms with van der Waals surface area (Å²) in [6, 6.07) is 13.9. The molecule has 0 saturated carbocycles. The molecule has 2 aromatic carbocycles. The van der Waals surface area contributed by atoms with Crippen molar-refractivity contribution in [2.24, 2.45) is 0 Å². The quantitative estimate of drug-likeness (QED) is 0.650. The molecular weight excluding hydrogens is 430 g/mol. The van der Waals surface area contributed by atoms with Crippen LogP contribution in [0.4, 0.5) is 5.69 Å². The molecule has 32 heavy (non-hydrogen) atoms. The molecular formula is C23H31N3O5S. The predicted octanol–water partition coefficient (Wildman–Crippen LogP) is 2.50. The number of ether oxygens (including phenoxy) is 2. The van der Waals surface area contributed by atoms with Gasteiger partial charge < -0.3 is 19.7 Å². The highest BCUT2D eigenvalue weighted by Crippen LogP contribution is 2.29. The van der Waals surface area contributed by atoms with Crippen molar-refractivity contribution in [3.8, 4) is 11.5 Å². The van der Waals surface area contributed by atoms with E-state index in [9.17, 15) is 13.2 Å². The van der Waals surface area contributed by atoms with Gasteiger partial charge in [-0.2, -0.15) is 4.31 Å². The topological polar surface area (TPSA) is 88.2 Å². The van der Waals surface area contributed by atoms with Gasteiger partial charge >= 0.3 is 0 Å². The molecule has 1 N–H and O–H groups in total. The summed E-state index contributed by atoms with van der Waals surface area (Å²) in [6.45, 7) is 7.31. The molecule has 3 rings (SSSR count). The zero-order valence-corrected chi connectivity index (χ0v) is 19.8. The van der Waals surface area contributed by atoms with E-state index < -0.39 is 16.1 Å². The van der Waals surface area contributed by atoms with Crippen LogP contribution >= 0.6 is 0 Å². The Hall–Kier alpha value is -2.78. The van der Waals surface area contributed by atoms with Crippen LogP contribution in [-0.4, -0.2) is 64.1 Å². The lowest BCUT2D eigenvalue weighted by Crippen LogP contribution is -2.48. The van der Waals surface area contributed by atoms with E-state index >= 15 is 0 Å². The van der Waals surface area contributed by atoms with Crippen LogP contribution in [0.2, 0.25) is 0 Å². The summed E-state index contributed by atoms with van der Waals surface area (Å²) in [5.41, 5.74) is 0.962. The van der Waals surface area contributed by atoms with Crippen molar-refractivity contribution in [1.82, 2.24) is 9.62 Å². The van der Waals surface area contributed by atoms with Gasteiger partial charge in [-0.25, -0.2) is 8.42 Å². The van der Waals surface area contributed by atoms with Crippen LogP contribution in [0.1, 0.15) is 20.8 Å². The van der Waals surface area contributed by atoms with E-state index in [0.717, 1.165) is 11.4 Å². The number of amides is 1. The highest BCUT2D eigenvalue weighted by molar-refractivity contribution is 7.89. The van der Waals surface area contributed by atoms with Crippen LogP contribution < -0.4 is 19.7 Å². The third-order valence-corrected chi connectivity index (χ3v) is 7.15. The van der Waals surface area contributed by atoms with E-state index in [-0.39, 0.29) is 16.8 Å². The summed E-state index contributed by atoms with van der Waals surface area (Å²) in [5, 5.41) is 2.79. The number of benzene rings is 2. The lowest BCUT2D eigenvalue weighted by Gasteiger charge is -2.35. The van der Waals surface area contributed by atoms with Gasteiger partial charge in [-0.1, -0.05) is 12.1 Å². The molecule has 1 heterocycles. The molecule has 0 radical (unpaired) electrons. The maximum Gasteiger partial charge on any atom is 0.260 e. The maximum absolute atomic E-state index is 13.1. The minimum atomic E-state index is -3.62. The summed E-state index contributed by atoms with van der Waals surface area (Å²) >= 11 is 0. The Morgan fingerprint density at radius 3 is 2.19 bits per heavy atom. The van der Waals surface area contributed by atoms with Gasteiger partial charge in [0.2, 0.25) is 10.0 Å². The van der Waals surface area contributed by atoms with Crippen molar-refractivity contribution in [1.29, 1.82) is 0 Å². The molecule has 0 aromatic heterocycles. The number of hydrogen-bond donors (Lipinski definition) is 1. The largest absolute Gasteiger partial charge is 0.495 e. The second-order valence-electron chi connectivity index (χ2n) is 7.96. The lowest BCUT2D eigenvalue weighted by atomic mass is 10.2. The first kappa shape index (κ1) is 23.9. The molecule has 1 atom stereocenters. The minimum Gasteiger partial charge on any atom is -0.495 e. The number of rotatable bonds is 8. The summed E-state index contributed by atoms with van der Waals surface area (Å²) in [7, 11) is -1.99. The Morgan fingerprint density at radius 1 is 0.969 bits per heavy atom. The molecule has 0 aliphatic carbocycles. The number of carbonyl (C=O) groups excluding carboxylic acids is 1. The third-order valence-electron chi connectivity index (χ3n) is 5.24. The maximum atomic E-state index is 13.1. The molecule has 8 nitrogen and oxygen atoms in total. The van der Waals surface area contributed by atoms with E-state index in [1.807, 2.05) is 38.1 Å². The number of nitrogens with one attached hydrogen (secondary N) is 1. The second kappa shape index (κ2) is 10.2. The van der Waals surface area contributed by atoms with Gasteiger partial charge in [0, 0.05) is 32.2 Å². The number of anilines is 1. The average Bonchev–Trinajstić information content (AvgIpc) is 2.79. The van der Waals surface area contributed by atoms with Crippen LogP contribution in [0.25, 0.3) is 0 Å². The van der Waals surface area contributed by atoms with Gasteiger partial charge in [-0.3, -0.25) is 4.79 Å². The Kier molecular flexibility index (Phi) is 7.63. The van der Waals surface area contributed by atoms with Crippen molar-refractivity contribution in [3.05, 3.63) is 48.5 Å². The molecule has 1 amide bonds. The first-order valence-electron chi connectivity index (χ1n) is 10.7. The fourth-order valence-corrected chi connectivity index (χ4v) is 4.98. The van der Waals surface area contributed by atoms with Gasteiger partial charge in [0.05, 0.1) is 17.7 Å². The standard InChI is InChI=1S/C23H31N3O5S/c1-17(2)24-23(27)18(3)31-19-9-11-20(12-10-19)32(28,29)26-15-13-25(14-16-26)21-7-5-6-8-22(21)30-4/h5-12,17-18H,13-16H2,1-4H3,(H,24,27)/t18-/m1/s1. The van der Waals surface area contributed by atoms with Crippen molar-refractivity contribution >= 4 is 21.6 Å². The molecule has 1 aliphatic heterocycles. The summed E-state index contributed by atoms with van der Waals surface area (Å²) in [6.07, 6.45) is -0.678. The van der Waals surface area contributed by atoms with Crippen LogP contribution in [0, 0.1) is 0 Å². The monoisotopic (exact) mass is 461 g/mol. The Labute approximate surface area is 190 Å². The van der Waals surface area contributed by atoms with Crippen molar-refractivity contribution in [2.75, 3.05) is 38.2 Å². The van der Waals surface area contributed by atoms with Gasteiger partial charge in [0.1, 0.15) is 11.5 Å². The number of carbonyl (C=O) groups is 1. The second-order valence-corrected chi connectivity index (χ2v) is 9.90. The first-order chi connectivity index (χ1) is 15.2. The van der Waals surface area contributed by atoms with Gasteiger partial charge in [-0.05, 0) is 57.2 Å². The van der Waals surface area contributed by atoms with Crippen molar-refractivity contribution in [3.63, 3.8) is 0 Å². The van der Waals surface area contributed by atoms with E-state index in [4.69, 9.17) is 9.47 Å². The molecule has 0 unspecified atom stereocenters. The summed E-state index contributed by atoms with van der Waals surface area (Å²) in [5.74, 6) is 0.997. The Morgan fingerprint density at radius 2 is 1.59 bits per heavy atom. The Balaban J connectivity index is 1.63. The summed E-state index contributed by atoms with van der Waals surface area (Å²) in [4.78, 5) is 14.3. The number of hydrogen-bond acceptors (Lipinski definition) is 6. The SMILES string of the molecule is COc1ccccc1N1CCN(S(=O)(=O)c2ccc(O[C@H](C)C(=O)NC(C)C)cc2)CC1. The van der Waals surface area contributed by atoms with Crippen LogP contribution in [-0.2, 0) is 14.8 Å². The van der Waals surface area contributed by atoms with Crippen molar-refractivity contribution in [2.45, 2.75) is 37.8 Å². The summed E-state index contributed by atoms with van der Waals surface area (Å²) < 4.78 is 38.7. The smallest absolute Gasteiger partial charge is 0.260 e. The van der Waals surface area contributed by atoms with Gasteiger partial charge in [0.15, 0.2) is 6.10 Å². The van der Waals surface area contributed by atoms with E-state index in [1.54, 1.807) is 26.2 Å². The van der Waals surface area contributed by atoms with Crippen LogP contribution in [0.5, 0.6) is 11.5 Å². The average molecular weight is 462 g/mol. The predicted molar refractivity (Wildman–Crippen MR) is 124 cm³/mol. The molecule has 1 saturated heterocycles. The number of nitrogens with zero attached hydrogens (tertiary/aromatic N) is 2. The van der Waals surface area contributed by atoms with E-state index in [2.05, 4.69) is 10.2 Å². The molecule has 0 spiro atoms. The fourth-order valence-electron chi connectivity index (χ4n) is 3.56. The van der Waals surface area contributed by atoms with Crippen LogP contribution in [0.3, 0.4) is 0 Å². The minimum absolute atomic E-state index is 0.0181. The fraction of sp³-hybridized carbons (Fsp3) is 0.435. The lowest BCUT2D eigenvalue weighted by molar-refractivity contribution is -0.127. The molecule has 1 fully saturated rings. The number of piperazine rings is 1. The molecule has 9 heteroatoms.